The summed E-state index contributed by atoms with van der Waals surface area (Å²) in [4.78, 5) is 29.2. The highest BCUT2D eigenvalue weighted by molar-refractivity contribution is 5.79. The normalized spacial score (nSPS) is 19.5. The van der Waals surface area contributed by atoms with Crippen LogP contribution in [0.15, 0.2) is 54.6 Å². The quantitative estimate of drug-likeness (QED) is 0.665. The van der Waals surface area contributed by atoms with E-state index in [0.29, 0.717) is 31.0 Å². The predicted octanol–water partition coefficient (Wildman–Crippen LogP) is 3.78. The van der Waals surface area contributed by atoms with Gasteiger partial charge in [0.25, 0.3) is 0 Å². The molecule has 176 valence electrons. The first-order valence-corrected chi connectivity index (χ1v) is 12.1. The van der Waals surface area contributed by atoms with Crippen molar-refractivity contribution in [3.8, 4) is 0 Å². The number of likely N-dealkylation sites (tertiary alicyclic amines) is 2. The molecule has 1 unspecified atom stereocenters. The first-order valence-electron chi connectivity index (χ1n) is 12.1. The first kappa shape index (κ1) is 23.4. The number of hydrogen-bond donors (Lipinski definition) is 1. The van der Waals surface area contributed by atoms with Crippen LogP contribution in [0.5, 0.6) is 0 Å². The lowest BCUT2D eigenvalue weighted by Crippen LogP contribution is -2.40. The Morgan fingerprint density at radius 1 is 0.939 bits per heavy atom. The van der Waals surface area contributed by atoms with E-state index in [4.69, 9.17) is 0 Å². The van der Waals surface area contributed by atoms with Crippen LogP contribution in [0.3, 0.4) is 0 Å². The fraction of sp³-hybridized carbons (Fsp3) is 0.481. The van der Waals surface area contributed by atoms with Crippen LogP contribution in [0.2, 0.25) is 0 Å². The molecule has 0 aromatic heterocycles. The van der Waals surface area contributed by atoms with Gasteiger partial charge in [0.05, 0.1) is 6.42 Å². The van der Waals surface area contributed by atoms with Gasteiger partial charge in [-0.15, -0.1) is 0 Å². The molecular weight excluding hydrogens is 417 g/mol. The largest absolute Gasteiger partial charge is 0.352 e. The highest BCUT2D eigenvalue weighted by Crippen LogP contribution is 2.23. The van der Waals surface area contributed by atoms with E-state index in [1.807, 2.05) is 11.0 Å². The summed E-state index contributed by atoms with van der Waals surface area (Å²) in [6, 6.07) is 17.1. The molecule has 2 aliphatic rings. The van der Waals surface area contributed by atoms with E-state index < -0.39 is 0 Å². The third-order valence-electron chi connectivity index (χ3n) is 6.93. The number of rotatable bonds is 8. The van der Waals surface area contributed by atoms with Gasteiger partial charge in [0, 0.05) is 45.2 Å². The summed E-state index contributed by atoms with van der Waals surface area (Å²) in [7, 11) is 0. The zero-order valence-corrected chi connectivity index (χ0v) is 19.2. The van der Waals surface area contributed by atoms with Gasteiger partial charge >= 0.3 is 0 Å². The van der Waals surface area contributed by atoms with Crippen LogP contribution in [0.1, 0.15) is 43.2 Å². The molecular formula is C27H34FN3O2. The molecule has 0 saturated carbocycles. The topological polar surface area (TPSA) is 52.7 Å². The summed E-state index contributed by atoms with van der Waals surface area (Å²) >= 11 is 0. The fourth-order valence-corrected chi connectivity index (χ4v) is 4.96. The molecule has 1 N–H and O–H groups in total. The van der Waals surface area contributed by atoms with E-state index >= 15 is 0 Å². The van der Waals surface area contributed by atoms with Crippen molar-refractivity contribution >= 4 is 11.8 Å². The molecule has 2 aromatic rings. The molecule has 2 aliphatic heterocycles. The van der Waals surface area contributed by atoms with Crippen LogP contribution in [0, 0.1) is 11.7 Å². The average Bonchev–Trinajstić information content (AvgIpc) is 3.26. The summed E-state index contributed by atoms with van der Waals surface area (Å²) in [5.74, 6) is 0.265. The Labute approximate surface area is 196 Å². The third kappa shape index (κ3) is 6.87. The van der Waals surface area contributed by atoms with E-state index in [1.165, 1.54) is 11.6 Å². The lowest BCUT2D eigenvalue weighted by molar-refractivity contribution is -0.132. The van der Waals surface area contributed by atoms with E-state index in [-0.39, 0.29) is 30.1 Å². The van der Waals surface area contributed by atoms with E-state index in [2.05, 4.69) is 34.5 Å². The van der Waals surface area contributed by atoms with Gasteiger partial charge in [0.15, 0.2) is 0 Å². The monoisotopic (exact) mass is 451 g/mol. The lowest BCUT2D eigenvalue weighted by Gasteiger charge is -2.32. The Hall–Kier alpha value is -2.73. The average molecular weight is 452 g/mol. The van der Waals surface area contributed by atoms with Gasteiger partial charge in [-0.05, 0) is 48.8 Å². The van der Waals surface area contributed by atoms with Crippen molar-refractivity contribution in [2.75, 3.05) is 26.2 Å². The van der Waals surface area contributed by atoms with Crippen LogP contribution in [-0.4, -0.2) is 53.8 Å². The molecule has 2 saturated heterocycles. The van der Waals surface area contributed by atoms with E-state index in [1.54, 1.807) is 18.2 Å². The third-order valence-corrected chi connectivity index (χ3v) is 6.93. The number of hydrogen-bond acceptors (Lipinski definition) is 3. The molecule has 2 heterocycles. The highest BCUT2D eigenvalue weighted by Gasteiger charge is 2.26. The number of nitrogens with zero attached hydrogens (tertiary/aromatic N) is 2. The predicted molar refractivity (Wildman–Crippen MR) is 127 cm³/mol. The van der Waals surface area contributed by atoms with Gasteiger partial charge in [-0.3, -0.25) is 14.5 Å². The van der Waals surface area contributed by atoms with Gasteiger partial charge < -0.3 is 10.2 Å². The van der Waals surface area contributed by atoms with Gasteiger partial charge in [0.2, 0.25) is 11.8 Å². The van der Waals surface area contributed by atoms with E-state index in [0.717, 1.165) is 45.3 Å². The maximum atomic E-state index is 13.8. The maximum absolute atomic E-state index is 13.8. The minimum absolute atomic E-state index is 0.0161. The van der Waals surface area contributed by atoms with Crippen molar-refractivity contribution in [3.63, 3.8) is 0 Å². The second-order valence-corrected chi connectivity index (χ2v) is 9.40. The smallest absolute Gasteiger partial charge is 0.227 e. The zero-order chi connectivity index (χ0) is 23.0. The molecule has 0 spiro atoms. The first-order chi connectivity index (χ1) is 16.1. The van der Waals surface area contributed by atoms with Gasteiger partial charge in [-0.25, -0.2) is 4.39 Å². The Bertz CT molecular complexity index is 928. The van der Waals surface area contributed by atoms with Crippen molar-refractivity contribution in [2.45, 2.75) is 51.1 Å². The number of carbonyl (C=O) groups excluding carboxylic acids is 2. The second kappa shape index (κ2) is 11.4. The van der Waals surface area contributed by atoms with Crippen LogP contribution in [0.4, 0.5) is 4.39 Å². The standard InChI is InChI=1S/C27H34FN3O2/c28-25-9-5-4-8-23(25)18-27(33)31-16-12-21(13-17-31)10-11-26(32)29-24-14-15-30(20-24)19-22-6-2-1-3-7-22/h1-9,21,24H,10-20H2,(H,29,32). The molecule has 2 fully saturated rings. The summed E-state index contributed by atoms with van der Waals surface area (Å²) in [6.45, 7) is 4.23. The number of benzene rings is 2. The Morgan fingerprint density at radius 2 is 1.67 bits per heavy atom. The second-order valence-electron chi connectivity index (χ2n) is 9.40. The van der Waals surface area contributed by atoms with Crippen LogP contribution >= 0.6 is 0 Å². The van der Waals surface area contributed by atoms with Crippen LogP contribution in [-0.2, 0) is 22.6 Å². The van der Waals surface area contributed by atoms with Crippen LogP contribution < -0.4 is 5.32 Å². The zero-order valence-electron chi connectivity index (χ0n) is 19.2. The van der Waals surface area contributed by atoms with Crippen LogP contribution in [0.25, 0.3) is 0 Å². The molecule has 4 rings (SSSR count). The molecule has 0 radical (unpaired) electrons. The van der Waals surface area contributed by atoms with Crippen molar-refractivity contribution in [1.29, 1.82) is 0 Å². The molecule has 0 aliphatic carbocycles. The highest BCUT2D eigenvalue weighted by atomic mass is 19.1. The Morgan fingerprint density at radius 3 is 2.42 bits per heavy atom. The lowest BCUT2D eigenvalue weighted by atomic mass is 9.91. The molecule has 2 aromatic carbocycles. The number of carbonyl (C=O) groups is 2. The van der Waals surface area contributed by atoms with Crippen molar-refractivity contribution in [2.24, 2.45) is 5.92 Å². The van der Waals surface area contributed by atoms with Gasteiger partial charge in [-0.1, -0.05) is 48.5 Å². The number of halogens is 1. The molecule has 1 atom stereocenters. The summed E-state index contributed by atoms with van der Waals surface area (Å²) in [5.41, 5.74) is 1.76. The van der Waals surface area contributed by atoms with Crippen molar-refractivity contribution in [3.05, 3.63) is 71.5 Å². The summed E-state index contributed by atoms with van der Waals surface area (Å²) < 4.78 is 13.8. The summed E-state index contributed by atoms with van der Waals surface area (Å²) in [5, 5.41) is 3.21. The minimum atomic E-state index is -0.322. The Kier molecular flexibility index (Phi) is 8.10. The van der Waals surface area contributed by atoms with Crippen molar-refractivity contribution in [1.82, 2.24) is 15.1 Å². The number of nitrogens with one attached hydrogen (secondary N) is 1. The number of piperidine rings is 1. The number of amides is 2. The maximum Gasteiger partial charge on any atom is 0.227 e. The van der Waals surface area contributed by atoms with Gasteiger partial charge in [0.1, 0.15) is 5.82 Å². The minimum Gasteiger partial charge on any atom is -0.352 e. The van der Waals surface area contributed by atoms with E-state index in [9.17, 15) is 14.0 Å². The molecule has 5 nitrogen and oxygen atoms in total. The summed E-state index contributed by atoms with van der Waals surface area (Å²) in [6.07, 6.45) is 4.34. The molecule has 0 bridgehead atoms. The Balaban J connectivity index is 1.12. The van der Waals surface area contributed by atoms with Crippen molar-refractivity contribution < 1.29 is 14.0 Å². The molecule has 33 heavy (non-hydrogen) atoms. The fourth-order valence-electron chi connectivity index (χ4n) is 4.96. The SMILES string of the molecule is O=C(CCC1CCN(C(=O)Cc2ccccc2F)CC1)NC1CCN(Cc2ccccc2)C1. The molecule has 6 heteroatoms. The van der Waals surface area contributed by atoms with Gasteiger partial charge in [-0.2, -0.15) is 0 Å². The molecule has 2 amide bonds.